The normalized spacial score (nSPS) is 13.6. The van der Waals surface area contributed by atoms with Crippen LogP contribution in [-0.2, 0) is 11.8 Å². The van der Waals surface area contributed by atoms with Gasteiger partial charge in [0.1, 0.15) is 5.82 Å². The number of nitrogens with one attached hydrogen (secondary N) is 2. The molecule has 0 saturated heterocycles. The first-order valence-corrected chi connectivity index (χ1v) is 8.78. The Hall–Kier alpha value is -2.06. The Morgan fingerprint density at radius 3 is 2.62 bits per heavy atom. The van der Waals surface area contributed by atoms with Crippen molar-refractivity contribution in [1.82, 2.24) is 25.6 Å². The molecule has 24 heavy (non-hydrogen) atoms. The number of carbonyl (C=O) groups is 2. The molecular weight excluding hydrogens is 350 g/mol. The van der Waals surface area contributed by atoms with Crippen LogP contribution >= 0.6 is 23.4 Å². The van der Waals surface area contributed by atoms with Gasteiger partial charge in [-0.25, -0.2) is 0 Å². The van der Waals surface area contributed by atoms with Crippen LogP contribution in [0.5, 0.6) is 0 Å². The molecule has 1 fully saturated rings. The zero-order chi connectivity index (χ0) is 17.1. The summed E-state index contributed by atoms with van der Waals surface area (Å²) < 4.78 is 1.92. The molecule has 1 aliphatic rings. The van der Waals surface area contributed by atoms with Crippen molar-refractivity contribution in [3.8, 4) is 0 Å². The van der Waals surface area contributed by atoms with Crippen LogP contribution in [0.1, 0.15) is 34.9 Å². The lowest BCUT2D eigenvalue weighted by Gasteiger charge is -2.07. The van der Waals surface area contributed by atoms with Crippen LogP contribution in [0.4, 0.5) is 0 Å². The molecule has 0 aliphatic heterocycles. The van der Waals surface area contributed by atoms with Gasteiger partial charge in [0.05, 0.1) is 5.75 Å². The molecule has 0 spiro atoms. The van der Waals surface area contributed by atoms with Crippen molar-refractivity contribution in [3.05, 3.63) is 40.7 Å². The molecule has 126 valence electrons. The summed E-state index contributed by atoms with van der Waals surface area (Å²) in [6, 6.07) is 6.38. The summed E-state index contributed by atoms with van der Waals surface area (Å²) in [6.07, 6.45) is 2.29. The molecule has 1 aliphatic carbocycles. The van der Waals surface area contributed by atoms with Crippen molar-refractivity contribution in [1.29, 1.82) is 0 Å². The van der Waals surface area contributed by atoms with E-state index in [1.54, 1.807) is 24.3 Å². The van der Waals surface area contributed by atoms with Crippen LogP contribution in [0.2, 0.25) is 5.02 Å². The highest BCUT2D eigenvalue weighted by molar-refractivity contribution is 7.99. The summed E-state index contributed by atoms with van der Waals surface area (Å²) in [5, 5.41) is 9.49. The summed E-state index contributed by atoms with van der Waals surface area (Å²) in [5.74, 6) is 0.883. The summed E-state index contributed by atoms with van der Waals surface area (Å²) in [7, 11) is 1.90. The molecule has 1 aromatic heterocycles. The second kappa shape index (κ2) is 7.23. The van der Waals surface area contributed by atoms with Gasteiger partial charge in [0.2, 0.25) is 5.91 Å². The molecule has 0 atom stereocenters. The van der Waals surface area contributed by atoms with Crippen LogP contribution < -0.4 is 10.9 Å². The van der Waals surface area contributed by atoms with E-state index in [1.165, 1.54) is 11.8 Å². The molecule has 0 unspecified atom stereocenters. The molecule has 2 aromatic rings. The molecule has 0 radical (unpaired) electrons. The number of nitrogens with zero attached hydrogens (tertiary/aromatic N) is 3. The number of carbonyl (C=O) groups excluding carboxylic acids is 2. The van der Waals surface area contributed by atoms with Gasteiger partial charge in [-0.3, -0.25) is 20.4 Å². The first kappa shape index (κ1) is 16.8. The average molecular weight is 366 g/mol. The number of amides is 2. The van der Waals surface area contributed by atoms with E-state index in [2.05, 4.69) is 21.0 Å². The largest absolute Gasteiger partial charge is 0.309 e. The zero-order valence-corrected chi connectivity index (χ0v) is 14.5. The molecular formula is C15H16ClN5O2S. The minimum Gasteiger partial charge on any atom is -0.309 e. The Balaban J connectivity index is 1.45. The highest BCUT2D eigenvalue weighted by Gasteiger charge is 2.29. The fourth-order valence-corrected chi connectivity index (χ4v) is 2.96. The summed E-state index contributed by atoms with van der Waals surface area (Å²) in [5.41, 5.74) is 5.15. The fraction of sp³-hybridized carbons (Fsp3) is 0.333. The molecule has 2 amide bonds. The molecule has 9 heteroatoms. The predicted molar refractivity (Wildman–Crippen MR) is 90.8 cm³/mol. The predicted octanol–water partition coefficient (Wildman–Crippen LogP) is 1.90. The van der Waals surface area contributed by atoms with Crippen LogP contribution in [0.3, 0.4) is 0 Å². The van der Waals surface area contributed by atoms with Gasteiger partial charge in [0, 0.05) is 23.6 Å². The van der Waals surface area contributed by atoms with Gasteiger partial charge in [-0.15, -0.1) is 10.2 Å². The van der Waals surface area contributed by atoms with Crippen LogP contribution in [0.25, 0.3) is 0 Å². The van der Waals surface area contributed by atoms with Crippen molar-refractivity contribution >= 4 is 35.2 Å². The number of hydrazine groups is 1. The molecule has 2 N–H and O–H groups in total. The highest BCUT2D eigenvalue weighted by atomic mass is 35.5. The fourth-order valence-electron chi connectivity index (χ4n) is 2.11. The number of benzene rings is 1. The van der Waals surface area contributed by atoms with Crippen LogP contribution in [0, 0.1) is 0 Å². The molecule has 0 bridgehead atoms. The monoisotopic (exact) mass is 365 g/mol. The Bertz CT molecular complexity index is 758. The van der Waals surface area contributed by atoms with Gasteiger partial charge >= 0.3 is 0 Å². The van der Waals surface area contributed by atoms with Crippen molar-refractivity contribution < 1.29 is 9.59 Å². The smallest absolute Gasteiger partial charge is 0.269 e. The molecule has 1 heterocycles. The Kier molecular flexibility index (Phi) is 5.06. The number of hydrogen-bond donors (Lipinski definition) is 2. The number of rotatable bonds is 5. The van der Waals surface area contributed by atoms with Gasteiger partial charge < -0.3 is 4.57 Å². The Morgan fingerprint density at radius 2 is 1.96 bits per heavy atom. The second-order valence-corrected chi connectivity index (χ2v) is 6.85. The van der Waals surface area contributed by atoms with Crippen LogP contribution in [-0.4, -0.2) is 32.3 Å². The number of thioether (sulfide) groups is 1. The molecule has 1 aromatic carbocycles. The van der Waals surface area contributed by atoms with Crippen molar-refractivity contribution in [2.24, 2.45) is 7.05 Å². The molecule has 7 nitrogen and oxygen atoms in total. The lowest BCUT2D eigenvalue weighted by molar-refractivity contribution is -0.119. The van der Waals surface area contributed by atoms with Gasteiger partial charge in [-0.05, 0) is 37.1 Å². The first-order chi connectivity index (χ1) is 11.5. The van der Waals surface area contributed by atoms with Crippen molar-refractivity contribution in [2.75, 3.05) is 5.75 Å². The third-order valence-electron chi connectivity index (χ3n) is 3.57. The highest BCUT2D eigenvalue weighted by Crippen LogP contribution is 2.39. The third kappa shape index (κ3) is 4.07. The zero-order valence-electron chi connectivity index (χ0n) is 13.0. The Morgan fingerprint density at radius 1 is 1.25 bits per heavy atom. The maximum atomic E-state index is 11.9. The standard InChI is InChI=1S/C15H16ClN5O2S/c1-21-13(9-2-3-9)18-20-15(21)24-8-12(22)17-19-14(23)10-4-6-11(16)7-5-10/h4-7,9H,2-3,8H2,1H3,(H,17,22)(H,19,23). The number of halogens is 1. The maximum Gasteiger partial charge on any atom is 0.269 e. The average Bonchev–Trinajstić information content (AvgIpc) is 3.35. The number of aromatic nitrogens is 3. The van der Waals surface area contributed by atoms with E-state index in [4.69, 9.17) is 11.6 Å². The minimum absolute atomic E-state index is 0.136. The van der Waals surface area contributed by atoms with E-state index in [0.29, 0.717) is 21.7 Å². The quantitative estimate of drug-likeness (QED) is 0.624. The van der Waals surface area contributed by atoms with E-state index in [1.807, 2.05) is 11.6 Å². The van der Waals surface area contributed by atoms with E-state index in [0.717, 1.165) is 18.7 Å². The third-order valence-corrected chi connectivity index (χ3v) is 4.84. The summed E-state index contributed by atoms with van der Waals surface area (Å²) in [6.45, 7) is 0. The van der Waals surface area contributed by atoms with E-state index in [9.17, 15) is 9.59 Å². The molecule has 1 saturated carbocycles. The van der Waals surface area contributed by atoms with E-state index in [-0.39, 0.29) is 11.7 Å². The molecule has 3 rings (SSSR count). The summed E-state index contributed by atoms with van der Waals surface area (Å²) >= 11 is 7.04. The summed E-state index contributed by atoms with van der Waals surface area (Å²) in [4.78, 5) is 23.7. The van der Waals surface area contributed by atoms with E-state index >= 15 is 0 Å². The minimum atomic E-state index is -0.403. The lowest BCUT2D eigenvalue weighted by Crippen LogP contribution is -2.42. The van der Waals surface area contributed by atoms with Crippen LogP contribution in [0.15, 0.2) is 29.4 Å². The van der Waals surface area contributed by atoms with Crippen molar-refractivity contribution in [2.45, 2.75) is 23.9 Å². The lowest BCUT2D eigenvalue weighted by atomic mass is 10.2. The van der Waals surface area contributed by atoms with Gasteiger partial charge in [0.25, 0.3) is 5.91 Å². The van der Waals surface area contributed by atoms with Gasteiger partial charge in [-0.1, -0.05) is 23.4 Å². The SMILES string of the molecule is Cn1c(SCC(=O)NNC(=O)c2ccc(Cl)cc2)nnc1C1CC1. The van der Waals surface area contributed by atoms with Crippen molar-refractivity contribution in [3.63, 3.8) is 0 Å². The van der Waals surface area contributed by atoms with Gasteiger partial charge in [0.15, 0.2) is 5.16 Å². The van der Waals surface area contributed by atoms with Gasteiger partial charge in [-0.2, -0.15) is 0 Å². The topological polar surface area (TPSA) is 88.9 Å². The van der Waals surface area contributed by atoms with E-state index < -0.39 is 5.91 Å². The Labute approximate surface area is 148 Å². The second-order valence-electron chi connectivity index (χ2n) is 5.47. The first-order valence-electron chi connectivity index (χ1n) is 7.41. The number of hydrogen-bond acceptors (Lipinski definition) is 5. The maximum absolute atomic E-state index is 11.9.